The minimum Gasteiger partial charge on any atom is -0.505 e. The van der Waals surface area contributed by atoms with Gasteiger partial charge >= 0.3 is 0 Å². The van der Waals surface area contributed by atoms with E-state index in [-0.39, 0.29) is 46.2 Å². The number of hydrogen-bond acceptors (Lipinski definition) is 7. The minimum absolute atomic E-state index is 0.0352. The first-order valence-corrected chi connectivity index (χ1v) is 9.80. The Morgan fingerprint density at radius 1 is 1.23 bits per heavy atom. The summed E-state index contributed by atoms with van der Waals surface area (Å²) in [5.41, 5.74) is -0.962. The van der Waals surface area contributed by atoms with Crippen molar-refractivity contribution in [3.05, 3.63) is 67.3 Å². The van der Waals surface area contributed by atoms with Gasteiger partial charge < -0.3 is 25.1 Å². The number of nitrogens with zero attached hydrogens (tertiary/aromatic N) is 1. The number of carbonyl (C=O) groups excluding carboxylic acids is 1. The SMILES string of the molecule is CN(C)C(=O)c1cccc(Nc2c(N[C@@H](c3cc(Cl)co3)C3CC3)c(=O)c2=O)c1O. The molecule has 156 valence electrons. The summed E-state index contributed by atoms with van der Waals surface area (Å²) in [7, 11) is 3.14. The van der Waals surface area contributed by atoms with E-state index in [0.29, 0.717) is 10.8 Å². The van der Waals surface area contributed by atoms with Crippen LogP contribution in [0.4, 0.5) is 17.1 Å². The number of nitrogens with one attached hydrogen (secondary N) is 2. The van der Waals surface area contributed by atoms with Crippen LogP contribution in [-0.4, -0.2) is 30.0 Å². The molecule has 0 aliphatic heterocycles. The maximum atomic E-state index is 12.2. The molecule has 1 amide bonds. The number of anilines is 3. The number of rotatable bonds is 7. The molecule has 9 heteroatoms. The van der Waals surface area contributed by atoms with Gasteiger partial charge in [-0.15, -0.1) is 0 Å². The third-order valence-corrected chi connectivity index (χ3v) is 5.33. The summed E-state index contributed by atoms with van der Waals surface area (Å²) in [5.74, 6) is 0.163. The van der Waals surface area contributed by atoms with Gasteiger partial charge in [-0.3, -0.25) is 14.4 Å². The van der Waals surface area contributed by atoms with E-state index in [2.05, 4.69) is 10.6 Å². The molecule has 3 N–H and O–H groups in total. The standard InChI is InChI=1S/C21H20ClN3O5/c1-25(2)21(29)12-4-3-5-13(18(12)26)23-16-17(20(28)19(16)27)24-15(10-6-7-10)14-8-11(22)9-30-14/h3-5,8-10,15,23-24,26H,6-7H2,1-2H3/t15-/m1/s1. The summed E-state index contributed by atoms with van der Waals surface area (Å²) in [6.45, 7) is 0. The molecule has 1 aliphatic rings. The smallest absolute Gasteiger partial charge is 0.257 e. The second-order valence-corrected chi connectivity index (χ2v) is 8.00. The van der Waals surface area contributed by atoms with E-state index in [4.69, 9.17) is 16.0 Å². The Kier molecular flexibility index (Phi) is 5.03. The first-order chi connectivity index (χ1) is 14.3. The summed E-state index contributed by atoms with van der Waals surface area (Å²) in [6, 6.07) is 5.96. The van der Waals surface area contributed by atoms with Gasteiger partial charge in [-0.2, -0.15) is 0 Å². The molecule has 1 heterocycles. The fourth-order valence-corrected chi connectivity index (χ4v) is 3.49. The molecule has 0 saturated heterocycles. The van der Waals surface area contributed by atoms with E-state index < -0.39 is 10.9 Å². The van der Waals surface area contributed by atoms with Crippen LogP contribution in [0, 0.1) is 5.92 Å². The maximum Gasteiger partial charge on any atom is 0.257 e. The van der Waals surface area contributed by atoms with Crippen molar-refractivity contribution in [2.45, 2.75) is 18.9 Å². The Bertz CT molecular complexity index is 1190. The highest BCUT2D eigenvalue weighted by atomic mass is 35.5. The molecule has 30 heavy (non-hydrogen) atoms. The van der Waals surface area contributed by atoms with Gasteiger partial charge in [0.2, 0.25) is 0 Å². The zero-order valence-electron chi connectivity index (χ0n) is 16.4. The van der Waals surface area contributed by atoms with E-state index in [0.717, 1.165) is 12.8 Å². The zero-order chi connectivity index (χ0) is 21.6. The van der Waals surface area contributed by atoms with Crippen LogP contribution >= 0.6 is 11.6 Å². The molecule has 0 bridgehead atoms. The molecular formula is C21H20ClN3O5. The first kappa shape index (κ1) is 20.0. The fraction of sp³-hybridized carbons (Fsp3) is 0.286. The summed E-state index contributed by atoms with van der Waals surface area (Å²) in [6.07, 6.45) is 3.34. The Labute approximate surface area is 176 Å². The number of benzene rings is 1. The van der Waals surface area contributed by atoms with Gasteiger partial charge in [0.05, 0.1) is 22.3 Å². The number of furan rings is 1. The number of amides is 1. The number of aromatic hydroxyl groups is 1. The molecule has 0 spiro atoms. The molecule has 4 rings (SSSR count). The lowest BCUT2D eigenvalue weighted by atomic mass is 10.1. The first-order valence-electron chi connectivity index (χ1n) is 9.42. The fourth-order valence-electron chi connectivity index (χ4n) is 3.34. The van der Waals surface area contributed by atoms with Crippen LogP contribution in [0.2, 0.25) is 5.02 Å². The third kappa shape index (κ3) is 3.54. The van der Waals surface area contributed by atoms with Crippen LogP contribution < -0.4 is 21.5 Å². The molecule has 1 atom stereocenters. The van der Waals surface area contributed by atoms with E-state index in [1.807, 2.05) is 0 Å². The minimum atomic E-state index is -0.701. The van der Waals surface area contributed by atoms with Crippen molar-refractivity contribution >= 4 is 34.6 Å². The van der Waals surface area contributed by atoms with Crippen molar-refractivity contribution in [3.8, 4) is 5.75 Å². The molecule has 0 radical (unpaired) electrons. The molecule has 1 aliphatic carbocycles. The number of carbonyl (C=O) groups is 1. The molecule has 1 fully saturated rings. The Morgan fingerprint density at radius 3 is 2.53 bits per heavy atom. The van der Waals surface area contributed by atoms with Gasteiger partial charge in [-0.25, -0.2) is 0 Å². The molecule has 1 saturated carbocycles. The number of para-hydroxylation sites is 1. The monoisotopic (exact) mass is 429 g/mol. The normalized spacial score (nSPS) is 14.5. The average molecular weight is 430 g/mol. The van der Waals surface area contributed by atoms with Gasteiger partial charge in [-0.1, -0.05) is 17.7 Å². The van der Waals surface area contributed by atoms with Gasteiger partial charge in [-0.05, 0) is 30.9 Å². The van der Waals surface area contributed by atoms with Crippen molar-refractivity contribution in [2.24, 2.45) is 5.92 Å². The van der Waals surface area contributed by atoms with Crippen LogP contribution in [0.1, 0.15) is 35.0 Å². The molecule has 2 aromatic carbocycles. The second kappa shape index (κ2) is 7.53. The second-order valence-electron chi connectivity index (χ2n) is 7.56. The Hall–Kier alpha value is -3.26. The van der Waals surface area contributed by atoms with Crippen molar-refractivity contribution in [1.29, 1.82) is 0 Å². The summed E-state index contributed by atoms with van der Waals surface area (Å²) >= 11 is 5.96. The number of phenolic OH excluding ortho intramolecular Hbond substituents is 1. The van der Waals surface area contributed by atoms with Gasteiger partial charge in [0.1, 0.15) is 23.4 Å². The van der Waals surface area contributed by atoms with Crippen molar-refractivity contribution in [3.63, 3.8) is 0 Å². The van der Waals surface area contributed by atoms with Crippen LogP contribution in [0.3, 0.4) is 0 Å². The quantitative estimate of drug-likeness (QED) is 0.390. The zero-order valence-corrected chi connectivity index (χ0v) is 17.1. The van der Waals surface area contributed by atoms with Gasteiger partial charge in [0.15, 0.2) is 5.75 Å². The molecule has 0 unspecified atom stereocenters. The van der Waals surface area contributed by atoms with Crippen molar-refractivity contribution in [2.75, 3.05) is 24.7 Å². The Morgan fingerprint density at radius 2 is 1.93 bits per heavy atom. The lowest BCUT2D eigenvalue weighted by molar-refractivity contribution is 0.0824. The predicted octanol–water partition coefficient (Wildman–Crippen LogP) is 3.24. The lowest BCUT2D eigenvalue weighted by Crippen LogP contribution is -2.37. The van der Waals surface area contributed by atoms with Crippen LogP contribution in [0.5, 0.6) is 5.75 Å². The highest BCUT2D eigenvalue weighted by Gasteiger charge is 2.37. The van der Waals surface area contributed by atoms with E-state index >= 15 is 0 Å². The lowest BCUT2D eigenvalue weighted by Gasteiger charge is -2.21. The van der Waals surface area contributed by atoms with Crippen LogP contribution in [0.25, 0.3) is 0 Å². The van der Waals surface area contributed by atoms with E-state index in [1.165, 1.54) is 23.3 Å². The number of phenols is 1. The number of hydrogen-bond donors (Lipinski definition) is 3. The average Bonchev–Trinajstić information content (AvgIpc) is 3.47. The van der Waals surface area contributed by atoms with Gasteiger partial charge in [0, 0.05) is 20.2 Å². The maximum absolute atomic E-state index is 12.2. The number of halogens is 1. The van der Waals surface area contributed by atoms with Crippen LogP contribution in [-0.2, 0) is 0 Å². The van der Waals surface area contributed by atoms with E-state index in [9.17, 15) is 19.5 Å². The third-order valence-electron chi connectivity index (χ3n) is 5.13. The van der Waals surface area contributed by atoms with Crippen molar-refractivity contribution in [1.82, 2.24) is 4.90 Å². The summed E-state index contributed by atoms with van der Waals surface area (Å²) < 4.78 is 5.48. The highest BCUT2D eigenvalue weighted by Crippen LogP contribution is 2.44. The topological polar surface area (TPSA) is 112 Å². The summed E-state index contributed by atoms with van der Waals surface area (Å²) in [5, 5.41) is 16.9. The predicted molar refractivity (Wildman–Crippen MR) is 114 cm³/mol. The van der Waals surface area contributed by atoms with Crippen LogP contribution in [0.15, 0.2) is 44.5 Å². The molecule has 1 aromatic heterocycles. The Balaban J connectivity index is 1.63. The largest absolute Gasteiger partial charge is 0.505 e. The molecule has 8 nitrogen and oxygen atoms in total. The molecule has 3 aromatic rings. The van der Waals surface area contributed by atoms with E-state index in [1.54, 1.807) is 26.2 Å². The van der Waals surface area contributed by atoms with Gasteiger partial charge in [0.25, 0.3) is 16.8 Å². The highest BCUT2D eigenvalue weighted by molar-refractivity contribution is 6.30. The molecular weight excluding hydrogens is 410 g/mol. The van der Waals surface area contributed by atoms with Crippen molar-refractivity contribution < 1.29 is 14.3 Å². The summed E-state index contributed by atoms with van der Waals surface area (Å²) in [4.78, 5) is 38.0.